The van der Waals surface area contributed by atoms with E-state index in [1.54, 1.807) is 48.7 Å². The molecule has 0 atom stereocenters. The lowest BCUT2D eigenvalue weighted by atomic mass is 10.2. The van der Waals surface area contributed by atoms with E-state index in [-0.39, 0.29) is 29.1 Å². The maximum Gasteiger partial charge on any atom is 0.263 e. The van der Waals surface area contributed by atoms with Crippen molar-refractivity contribution >= 4 is 27.5 Å². The minimum absolute atomic E-state index is 0.159. The smallest absolute Gasteiger partial charge is 0.263 e. The molecule has 30 heavy (non-hydrogen) atoms. The maximum atomic E-state index is 12.2. The molecule has 1 aliphatic rings. The molecule has 1 amide bonds. The van der Waals surface area contributed by atoms with Gasteiger partial charge in [0.15, 0.2) is 0 Å². The average Bonchev–Trinajstić information content (AvgIpc) is 3.31. The lowest BCUT2D eigenvalue weighted by molar-refractivity contribution is -0.114. The molecular weight excluding hydrogens is 404 g/mol. The van der Waals surface area contributed by atoms with Gasteiger partial charge in [-0.25, -0.2) is 13.4 Å². The number of oxazole rings is 1. The number of hydrogen-bond donors (Lipinski definition) is 2. The van der Waals surface area contributed by atoms with Crippen LogP contribution in [0.3, 0.4) is 0 Å². The summed E-state index contributed by atoms with van der Waals surface area (Å²) >= 11 is 0. The van der Waals surface area contributed by atoms with Crippen LogP contribution in [0.5, 0.6) is 0 Å². The van der Waals surface area contributed by atoms with Crippen molar-refractivity contribution in [3.05, 3.63) is 66.1 Å². The first-order valence-electron chi connectivity index (χ1n) is 9.36. The lowest BCUT2D eigenvalue weighted by Gasteiger charge is -2.05. The summed E-state index contributed by atoms with van der Waals surface area (Å²) < 4.78 is 32.3. The SMILES string of the molecule is CC(C)c1cnc(-c2ccc(NC(=O)CN=C3NS(=O)(=O)c4ccccc43)cc2)o1. The van der Waals surface area contributed by atoms with Gasteiger partial charge < -0.3 is 9.73 Å². The molecule has 0 saturated heterocycles. The third kappa shape index (κ3) is 3.97. The van der Waals surface area contributed by atoms with Gasteiger partial charge in [-0.1, -0.05) is 26.0 Å². The van der Waals surface area contributed by atoms with Crippen molar-refractivity contribution in [2.75, 3.05) is 11.9 Å². The van der Waals surface area contributed by atoms with Crippen molar-refractivity contribution in [2.45, 2.75) is 24.7 Å². The van der Waals surface area contributed by atoms with Crippen molar-refractivity contribution in [3.8, 4) is 11.5 Å². The van der Waals surface area contributed by atoms with Crippen LogP contribution in [0.1, 0.15) is 31.1 Å². The summed E-state index contributed by atoms with van der Waals surface area (Å²) in [4.78, 5) is 20.8. The number of amides is 1. The molecule has 8 nitrogen and oxygen atoms in total. The zero-order valence-electron chi connectivity index (χ0n) is 16.4. The first kappa shape index (κ1) is 19.8. The molecule has 1 aliphatic heterocycles. The fraction of sp³-hybridized carbons (Fsp3) is 0.190. The second kappa shape index (κ2) is 7.75. The third-order valence-electron chi connectivity index (χ3n) is 4.55. The van der Waals surface area contributed by atoms with Crippen LogP contribution in [0.4, 0.5) is 5.69 Å². The molecule has 2 heterocycles. The molecule has 154 valence electrons. The van der Waals surface area contributed by atoms with Crippen molar-refractivity contribution in [3.63, 3.8) is 0 Å². The number of nitrogens with zero attached hydrogens (tertiary/aromatic N) is 2. The Balaban J connectivity index is 1.42. The molecule has 0 aliphatic carbocycles. The monoisotopic (exact) mass is 424 g/mol. The number of fused-ring (bicyclic) bond motifs is 1. The summed E-state index contributed by atoms with van der Waals surface area (Å²) in [6.45, 7) is 3.84. The van der Waals surface area contributed by atoms with Gasteiger partial charge in [0.25, 0.3) is 10.0 Å². The Labute approximate surface area is 174 Å². The number of carbonyl (C=O) groups excluding carboxylic acids is 1. The van der Waals surface area contributed by atoms with E-state index in [1.165, 1.54) is 6.07 Å². The van der Waals surface area contributed by atoms with Gasteiger partial charge in [-0.3, -0.25) is 14.5 Å². The first-order chi connectivity index (χ1) is 14.3. The van der Waals surface area contributed by atoms with Crippen LogP contribution in [0, 0.1) is 0 Å². The largest absolute Gasteiger partial charge is 0.441 e. The van der Waals surface area contributed by atoms with Gasteiger partial charge in [0.2, 0.25) is 11.8 Å². The van der Waals surface area contributed by atoms with E-state index in [9.17, 15) is 13.2 Å². The van der Waals surface area contributed by atoms with E-state index in [0.29, 0.717) is 17.1 Å². The Morgan fingerprint density at radius 2 is 1.90 bits per heavy atom. The van der Waals surface area contributed by atoms with E-state index < -0.39 is 10.0 Å². The zero-order valence-corrected chi connectivity index (χ0v) is 17.2. The Kier molecular flexibility index (Phi) is 5.13. The number of nitrogens with one attached hydrogen (secondary N) is 2. The Morgan fingerprint density at radius 1 is 1.17 bits per heavy atom. The summed E-state index contributed by atoms with van der Waals surface area (Å²) in [6, 6.07) is 13.6. The standard InChI is InChI=1S/C21H20N4O4S/c1-13(2)17-11-23-21(29-17)14-7-9-15(10-8-14)24-19(26)12-22-20-16-5-3-4-6-18(16)30(27,28)25-20/h3-11,13H,12H2,1-2H3,(H,22,25)(H,24,26). The first-order valence-corrected chi connectivity index (χ1v) is 10.8. The number of anilines is 1. The van der Waals surface area contributed by atoms with Crippen LogP contribution < -0.4 is 10.0 Å². The molecule has 0 spiro atoms. The maximum absolute atomic E-state index is 12.2. The number of amidine groups is 1. The normalized spacial score (nSPS) is 15.8. The van der Waals surface area contributed by atoms with Crippen molar-refractivity contribution in [1.82, 2.24) is 9.71 Å². The Morgan fingerprint density at radius 3 is 2.60 bits per heavy atom. The molecule has 0 fully saturated rings. The molecule has 0 unspecified atom stereocenters. The van der Waals surface area contributed by atoms with Gasteiger partial charge in [0.05, 0.1) is 11.1 Å². The summed E-state index contributed by atoms with van der Waals surface area (Å²) in [5.41, 5.74) is 1.85. The summed E-state index contributed by atoms with van der Waals surface area (Å²) in [5.74, 6) is 1.39. The van der Waals surface area contributed by atoms with Gasteiger partial charge in [0, 0.05) is 22.7 Å². The minimum Gasteiger partial charge on any atom is -0.441 e. The number of benzene rings is 2. The quantitative estimate of drug-likeness (QED) is 0.653. The van der Waals surface area contributed by atoms with Gasteiger partial charge in [0.1, 0.15) is 18.1 Å². The van der Waals surface area contributed by atoms with Crippen LogP contribution in [0.2, 0.25) is 0 Å². The van der Waals surface area contributed by atoms with E-state index in [2.05, 4.69) is 20.0 Å². The minimum atomic E-state index is -3.62. The number of carbonyl (C=O) groups is 1. The molecule has 2 aromatic carbocycles. The molecule has 1 aromatic heterocycles. The summed E-state index contributed by atoms with van der Waals surface area (Å²) in [5, 5.41) is 2.74. The second-order valence-electron chi connectivity index (χ2n) is 7.11. The third-order valence-corrected chi connectivity index (χ3v) is 5.95. The van der Waals surface area contributed by atoms with E-state index in [1.807, 2.05) is 13.8 Å². The number of rotatable bonds is 5. The van der Waals surface area contributed by atoms with Crippen molar-refractivity contribution in [1.29, 1.82) is 0 Å². The van der Waals surface area contributed by atoms with Crippen LogP contribution in [-0.4, -0.2) is 31.7 Å². The lowest BCUT2D eigenvalue weighted by Crippen LogP contribution is -2.24. The molecule has 2 N–H and O–H groups in total. The summed E-state index contributed by atoms with van der Waals surface area (Å²) in [6.07, 6.45) is 1.71. The number of hydrogen-bond acceptors (Lipinski definition) is 6. The Bertz CT molecular complexity index is 1230. The molecule has 3 aromatic rings. The van der Waals surface area contributed by atoms with Gasteiger partial charge >= 0.3 is 0 Å². The molecule has 0 radical (unpaired) electrons. The number of aliphatic imine (C=N–C) groups is 1. The van der Waals surface area contributed by atoms with Crippen LogP contribution in [-0.2, 0) is 14.8 Å². The van der Waals surface area contributed by atoms with Gasteiger partial charge in [-0.2, -0.15) is 0 Å². The summed E-state index contributed by atoms with van der Waals surface area (Å²) in [7, 11) is -3.62. The number of aromatic nitrogens is 1. The predicted octanol–water partition coefficient (Wildman–Crippen LogP) is 3.14. The predicted molar refractivity (Wildman–Crippen MR) is 113 cm³/mol. The highest BCUT2D eigenvalue weighted by atomic mass is 32.2. The average molecular weight is 424 g/mol. The molecule has 0 bridgehead atoms. The van der Waals surface area contributed by atoms with E-state index >= 15 is 0 Å². The van der Waals surface area contributed by atoms with Crippen LogP contribution >= 0.6 is 0 Å². The second-order valence-corrected chi connectivity index (χ2v) is 8.77. The fourth-order valence-corrected chi connectivity index (χ4v) is 4.24. The van der Waals surface area contributed by atoms with Gasteiger partial charge in [-0.05, 0) is 36.4 Å². The highest BCUT2D eigenvalue weighted by molar-refractivity contribution is 7.90. The van der Waals surface area contributed by atoms with Crippen molar-refractivity contribution < 1.29 is 17.6 Å². The molecular formula is C21H20N4O4S. The Hall–Kier alpha value is -3.46. The molecule has 4 rings (SSSR count). The molecule has 9 heteroatoms. The van der Waals surface area contributed by atoms with E-state index in [4.69, 9.17) is 4.42 Å². The zero-order chi connectivity index (χ0) is 21.3. The van der Waals surface area contributed by atoms with Crippen LogP contribution in [0.25, 0.3) is 11.5 Å². The van der Waals surface area contributed by atoms with Gasteiger partial charge in [-0.15, -0.1) is 0 Å². The molecule has 0 saturated carbocycles. The van der Waals surface area contributed by atoms with Crippen molar-refractivity contribution in [2.24, 2.45) is 4.99 Å². The number of sulfonamides is 1. The van der Waals surface area contributed by atoms with E-state index in [0.717, 1.165) is 11.3 Å². The van der Waals surface area contributed by atoms with Crippen LogP contribution in [0.15, 0.2) is 69.0 Å². The highest BCUT2D eigenvalue weighted by Crippen LogP contribution is 2.25. The fourth-order valence-electron chi connectivity index (χ4n) is 2.99. The topological polar surface area (TPSA) is 114 Å². The highest BCUT2D eigenvalue weighted by Gasteiger charge is 2.30.